The smallest absolute Gasteiger partial charge is 0.136 e. The topological polar surface area (TPSA) is 50.1 Å². The van der Waals surface area contributed by atoms with E-state index >= 15 is 0 Å². The molecule has 2 heterocycles. The number of hydrogen-bond donors (Lipinski definition) is 0. The summed E-state index contributed by atoms with van der Waals surface area (Å²) in [4.78, 5) is 0. The number of hydrogen-bond acceptors (Lipinski definition) is 3. The van der Waals surface area contributed by atoms with Crippen LogP contribution in [0.2, 0.25) is 0 Å². The fourth-order valence-corrected chi connectivity index (χ4v) is 5.81. The third-order valence-corrected chi connectivity index (χ3v) is 7.74. The highest BCUT2D eigenvalue weighted by Gasteiger charge is 2.17. The molecule has 0 aliphatic rings. The van der Waals surface area contributed by atoms with Gasteiger partial charge in [-0.25, -0.2) is 0 Å². The van der Waals surface area contributed by atoms with Crippen molar-refractivity contribution in [3.8, 4) is 39.4 Å². The van der Waals surface area contributed by atoms with Crippen LogP contribution in [-0.2, 0) is 0 Å². The molecule has 6 aromatic carbocycles. The van der Waals surface area contributed by atoms with Crippen LogP contribution >= 0.6 is 0 Å². The summed E-state index contributed by atoms with van der Waals surface area (Å²) < 4.78 is 12.4. The Morgan fingerprint density at radius 1 is 0.400 bits per heavy atom. The van der Waals surface area contributed by atoms with E-state index in [1.807, 2.05) is 66.7 Å². The Hall–Kier alpha value is -5.59. The van der Waals surface area contributed by atoms with Crippen LogP contribution in [-0.4, -0.2) is 0 Å². The highest BCUT2D eigenvalue weighted by atomic mass is 16.3. The van der Waals surface area contributed by atoms with Crippen LogP contribution in [0, 0.1) is 11.3 Å². The van der Waals surface area contributed by atoms with Crippen molar-refractivity contribution in [1.29, 1.82) is 5.26 Å². The van der Waals surface area contributed by atoms with Gasteiger partial charge in [-0.3, -0.25) is 0 Å². The van der Waals surface area contributed by atoms with Gasteiger partial charge in [0.15, 0.2) is 0 Å². The van der Waals surface area contributed by atoms with E-state index in [-0.39, 0.29) is 0 Å². The van der Waals surface area contributed by atoms with Crippen LogP contribution < -0.4 is 0 Å². The first-order valence-electron chi connectivity index (χ1n) is 13.2. The largest absolute Gasteiger partial charge is 0.456 e. The van der Waals surface area contributed by atoms with E-state index in [0.29, 0.717) is 5.56 Å². The summed E-state index contributed by atoms with van der Waals surface area (Å²) in [5.41, 5.74) is 9.90. The summed E-state index contributed by atoms with van der Waals surface area (Å²) in [6.07, 6.45) is 0. The van der Waals surface area contributed by atoms with Gasteiger partial charge in [0.25, 0.3) is 0 Å². The molecule has 0 bridgehead atoms. The van der Waals surface area contributed by atoms with Crippen molar-refractivity contribution in [1.82, 2.24) is 0 Å². The Morgan fingerprint density at radius 2 is 0.900 bits per heavy atom. The molecule has 0 amide bonds. The number of benzene rings is 6. The maximum Gasteiger partial charge on any atom is 0.136 e. The van der Waals surface area contributed by atoms with Gasteiger partial charge in [-0.15, -0.1) is 0 Å². The molecule has 186 valence electrons. The lowest BCUT2D eigenvalue weighted by atomic mass is 9.88. The quantitative estimate of drug-likeness (QED) is 0.237. The maximum atomic E-state index is 10.3. The van der Waals surface area contributed by atoms with Crippen molar-refractivity contribution >= 4 is 43.9 Å². The van der Waals surface area contributed by atoms with Crippen molar-refractivity contribution in [2.24, 2.45) is 0 Å². The van der Waals surface area contributed by atoms with Crippen LogP contribution in [0.25, 0.3) is 77.3 Å². The van der Waals surface area contributed by atoms with E-state index in [0.717, 1.165) is 77.3 Å². The van der Waals surface area contributed by atoms with E-state index in [9.17, 15) is 5.26 Å². The van der Waals surface area contributed by atoms with Gasteiger partial charge in [-0.1, -0.05) is 78.9 Å². The van der Waals surface area contributed by atoms with Gasteiger partial charge in [0, 0.05) is 27.1 Å². The SMILES string of the molecule is N#Cc1cc(-c2ccc3c(c2)oc2ccccc23)c(-c2ccccc2)cc1-c1ccc2c(c1)oc1ccccc12. The summed E-state index contributed by atoms with van der Waals surface area (Å²) in [6.45, 7) is 0. The second-order valence-electron chi connectivity index (χ2n) is 10.0. The molecular formula is C37H21NO2. The number of rotatable bonds is 3. The van der Waals surface area contributed by atoms with Crippen LogP contribution in [0.4, 0.5) is 0 Å². The Kier molecular flexibility index (Phi) is 4.89. The van der Waals surface area contributed by atoms with E-state index < -0.39 is 0 Å². The summed E-state index contributed by atoms with van der Waals surface area (Å²) in [6, 6.07) is 45.6. The molecule has 0 atom stereocenters. The molecule has 8 aromatic rings. The normalized spacial score (nSPS) is 11.5. The number of nitrogens with zero attached hydrogens (tertiary/aromatic N) is 1. The predicted molar refractivity (Wildman–Crippen MR) is 162 cm³/mol. The van der Waals surface area contributed by atoms with Crippen molar-refractivity contribution in [3.63, 3.8) is 0 Å². The zero-order valence-corrected chi connectivity index (χ0v) is 21.4. The second-order valence-corrected chi connectivity index (χ2v) is 10.0. The van der Waals surface area contributed by atoms with E-state index in [2.05, 4.69) is 66.7 Å². The third kappa shape index (κ3) is 3.44. The predicted octanol–water partition coefficient (Wildman–Crippen LogP) is 10.4. The van der Waals surface area contributed by atoms with Crippen molar-refractivity contribution in [2.75, 3.05) is 0 Å². The van der Waals surface area contributed by atoms with Crippen LogP contribution in [0.1, 0.15) is 5.56 Å². The molecule has 0 aliphatic carbocycles. The number of para-hydroxylation sites is 2. The molecule has 3 nitrogen and oxygen atoms in total. The second kappa shape index (κ2) is 8.73. The minimum absolute atomic E-state index is 0.606. The number of furan rings is 2. The van der Waals surface area contributed by atoms with E-state index in [1.165, 1.54) is 0 Å². The summed E-state index contributed by atoms with van der Waals surface area (Å²) >= 11 is 0. The lowest BCUT2D eigenvalue weighted by Crippen LogP contribution is -1.92. The monoisotopic (exact) mass is 511 g/mol. The van der Waals surface area contributed by atoms with Crippen LogP contribution in [0.3, 0.4) is 0 Å². The van der Waals surface area contributed by atoms with Gasteiger partial charge in [-0.2, -0.15) is 5.26 Å². The Bertz CT molecular complexity index is 2280. The van der Waals surface area contributed by atoms with Crippen molar-refractivity contribution < 1.29 is 8.83 Å². The van der Waals surface area contributed by atoms with Gasteiger partial charge in [0.1, 0.15) is 22.3 Å². The average Bonchev–Trinajstić information content (AvgIpc) is 3.58. The maximum absolute atomic E-state index is 10.3. The minimum Gasteiger partial charge on any atom is -0.456 e. The fourth-order valence-electron chi connectivity index (χ4n) is 5.81. The number of fused-ring (bicyclic) bond motifs is 6. The minimum atomic E-state index is 0.606. The highest BCUT2D eigenvalue weighted by Crippen LogP contribution is 2.41. The first-order valence-corrected chi connectivity index (χ1v) is 13.2. The summed E-state index contributed by atoms with van der Waals surface area (Å²) in [5.74, 6) is 0. The third-order valence-electron chi connectivity index (χ3n) is 7.74. The van der Waals surface area contributed by atoms with E-state index in [1.54, 1.807) is 0 Å². The molecule has 0 saturated heterocycles. The molecule has 3 heteroatoms. The summed E-state index contributed by atoms with van der Waals surface area (Å²) in [7, 11) is 0. The first kappa shape index (κ1) is 22.4. The molecule has 2 aromatic heterocycles. The lowest BCUT2D eigenvalue weighted by molar-refractivity contribution is 0.668. The standard InChI is InChI=1S/C37H21NO2/c38-22-26-18-32(25-15-17-30-28-11-5-7-13-35(28)40-37(30)20-25)33(23-8-2-1-3-9-23)21-31(26)24-14-16-29-27-10-4-6-12-34(27)39-36(29)19-24/h1-21H. The fraction of sp³-hybridized carbons (Fsp3) is 0. The van der Waals surface area contributed by atoms with Crippen LogP contribution in [0.15, 0.2) is 136 Å². The molecule has 0 spiro atoms. The molecule has 0 fully saturated rings. The van der Waals surface area contributed by atoms with Gasteiger partial charge >= 0.3 is 0 Å². The molecule has 0 aliphatic heterocycles. The lowest BCUT2D eigenvalue weighted by Gasteiger charge is -2.15. The first-order chi connectivity index (χ1) is 19.8. The highest BCUT2D eigenvalue weighted by molar-refractivity contribution is 6.07. The zero-order chi connectivity index (χ0) is 26.6. The molecule has 0 unspecified atom stereocenters. The average molecular weight is 512 g/mol. The van der Waals surface area contributed by atoms with Gasteiger partial charge in [-0.05, 0) is 76.3 Å². The van der Waals surface area contributed by atoms with Crippen molar-refractivity contribution in [3.05, 3.63) is 133 Å². The van der Waals surface area contributed by atoms with Crippen LogP contribution in [0.5, 0.6) is 0 Å². The van der Waals surface area contributed by atoms with Gasteiger partial charge < -0.3 is 8.83 Å². The van der Waals surface area contributed by atoms with Crippen molar-refractivity contribution in [2.45, 2.75) is 0 Å². The number of nitriles is 1. The van der Waals surface area contributed by atoms with Gasteiger partial charge in [0.05, 0.1) is 11.6 Å². The molecule has 0 N–H and O–H groups in total. The van der Waals surface area contributed by atoms with Gasteiger partial charge in [0.2, 0.25) is 0 Å². The molecular weight excluding hydrogens is 490 g/mol. The Labute approximate surface area is 230 Å². The molecule has 0 radical (unpaired) electrons. The molecule has 8 rings (SSSR count). The van der Waals surface area contributed by atoms with E-state index in [4.69, 9.17) is 8.83 Å². The zero-order valence-electron chi connectivity index (χ0n) is 21.4. The summed E-state index contributed by atoms with van der Waals surface area (Å²) in [5, 5.41) is 14.6. The molecule has 0 saturated carbocycles. The Morgan fingerprint density at radius 3 is 1.50 bits per heavy atom. The Balaban J connectivity index is 1.36. The molecule has 40 heavy (non-hydrogen) atoms.